The number of benzene rings is 1. The zero-order valence-corrected chi connectivity index (χ0v) is 13.6. The Bertz CT molecular complexity index is 453. The average molecular weight is 329 g/mol. The van der Waals surface area contributed by atoms with Crippen LogP contribution in [0.2, 0.25) is 10.0 Å². The van der Waals surface area contributed by atoms with Crippen LogP contribution in [-0.2, 0) is 11.2 Å². The molecule has 0 aliphatic carbocycles. The maximum Gasteiger partial charge on any atom is 0.220 e. The molecule has 0 saturated carbocycles. The predicted molar refractivity (Wildman–Crippen MR) is 88.0 cm³/mol. The Labute approximate surface area is 136 Å². The molecular formula is C16H22Cl2N2O. The lowest BCUT2D eigenvalue weighted by Gasteiger charge is -2.22. The molecule has 21 heavy (non-hydrogen) atoms. The molecule has 1 aromatic carbocycles. The highest BCUT2D eigenvalue weighted by atomic mass is 35.5. The first-order chi connectivity index (χ1) is 10.1. The molecule has 1 aliphatic rings. The highest BCUT2D eigenvalue weighted by Crippen LogP contribution is 2.19. The van der Waals surface area contributed by atoms with Crippen molar-refractivity contribution in [1.82, 2.24) is 10.6 Å². The van der Waals surface area contributed by atoms with Gasteiger partial charge in [-0.15, -0.1) is 0 Å². The van der Waals surface area contributed by atoms with E-state index in [1.165, 1.54) is 12.8 Å². The summed E-state index contributed by atoms with van der Waals surface area (Å²) >= 11 is 11.9. The summed E-state index contributed by atoms with van der Waals surface area (Å²) in [6.07, 6.45) is 4.75. The van der Waals surface area contributed by atoms with Gasteiger partial charge in [-0.25, -0.2) is 0 Å². The van der Waals surface area contributed by atoms with Crippen LogP contribution in [-0.4, -0.2) is 25.5 Å². The summed E-state index contributed by atoms with van der Waals surface area (Å²) in [4.78, 5) is 11.8. The summed E-state index contributed by atoms with van der Waals surface area (Å²) in [5, 5.41) is 7.58. The number of carbonyl (C=O) groups excluding carboxylic acids is 1. The molecule has 2 N–H and O–H groups in total. The molecule has 0 radical (unpaired) electrons. The van der Waals surface area contributed by atoms with Crippen LogP contribution in [0.4, 0.5) is 0 Å². The SMILES string of the molecule is O=C(CCC1CCNCC1)NCCc1cc(Cl)cc(Cl)c1. The van der Waals surface area contributed by atoms with Gasteiger partial charge in [-0.1, -0.05) is 23.2 Å². The van der Waals surface area contributed by atoms with E-state index in [0.29, 0.717) is 28.9 Å². The van der Waals surface area contributed by atoms with Gasteiger partial charge in [0.05, 0.1) is 0 Å². The number of piperidine rings is 1. The van der Waals surface area contributed by atoms with Crippen LogP contribution >= 0.6 is 23.2 Å². The number of hydrogen-bond acceptors (Lipinski definition) is 2. The molecule has 116 valence electrons. The molecule has 0 atom stereocenters. The normalized spacial score (nSPS) is 15.9. The van der Waals surface area contributed by atoms with Gasteiger partial charge in [-0.2, -0.15) is 0 Å². The number of carbonyl (C=O) groups is 1. The lowest BCUT2D eigenvalue weighted by Crippen LogP contribution is -2.30. The standard InChI is InChI=1S/C16H22Cl2N2O/c17-14-9-13(10-15(18)11-14)5-8-20-16(21)2-1-12-3-6-19-7-4-12/h9-12,19H,1-8H2,(H,20,21). The van der Waals surface area contributed by atoms with Crippen LogP contribution in [0.5, 0.6) is 0 Å². The minimum atomic E-state index is 0.140. The van der Waals surface area contributed by atoms with Crippen LogP contribution in [0.3, 0.4) is 0 Å². The number of hydrogen-bond donors (Lipinski definition) is 2. The summed E-state index contributed by atoms with van der Waals surface area (Å²) in [6, 6.07) is 5.48. The van der Waals surface area contributed by atoms with E-state index in [-0.39, 0.29) is 5.91 Å². The fraction of sp³-hybridized carbons (Fsp3) is 0.562. The van der Waals surface area contributed by atoms with Crippen molar-refractivity contribution >= 4 is 29.1 Å². The predicted octanol–water partition coefficient (Wildman–Crippen LogP) is 3.43. The third kappa shape index (κ3) is 6.25. The molecular weight excluding hydrogens is 307 g/mol. The number of amides is 1. The molecule has 0 unspecified atom stereocenters. The number of rotatable bonds is 6. The highest BCUT2D eigenvalue weighted by molar-refractivity contribution is 6.34. The minimum Gasteiger partial charge on any atom is -0.356 e. The lowest BCUT2D eigenvalue weighted by atomic mass is 9.93. The number of halogens is 2. The van der Waals surface area contributed by atoms with Crippen LogP contribution in [0.25, 0.3) is 0 Å². The topological polar surface area (TPSA) is 41.1 Å². The van der Waals surface area contributed by atoms with Gasteiger partial charge in [-0.3, -0.25) is 4.79 Å². The van der Waals surface area contributed by atoms with E-state index in [2.05, 4.69) is 10.6 Å². The maximum absolute atomic E-state index is 11.8. The monoisotopic (exact) mass is 328 g/mol. The summed E-state index contributed by atoms with van der Waals surface area (Å²) in [6.45, 7) is 2.80. The second kappa shape index (κ2) is 8.62. The van der Waals surface area contributed by atoms with Crippen LogP contribution < -0.4 is 10.6 Å². The van der Waals surface area contributed by atoms with E-state index in [1.54, 1.807) is 6.07 Å². The molecule has 1 aliphatic heterocycles. The Morgan fingerprint density at radius 3 is 2.52 bits per heavy atom. The van der Waals surface area contributed by atoms with Crippen LogP contribution in [0, 0.1) is 5.92 Å². The van der Waals surface area contributed by atoms with Gasteiger partial charge < -0.3 is 10.6 Å². The largest absolute Gasteiger partial charge is 0.356 e. The van der Waals surface area contributed by atoms with E-state index in [9.17, 15) is 4.79 Å². The fourth-order valence-corrected chi connectivity index (χ4v) is 3.27. The van der Waals surface area contributed by atoms with Gasteiger partial charge in [0.2, 0.25) is 5.91 Å². The third-order valence-electron chi connectivity index (χ3n) is 3.90. The van der Waals surface area contributed by atoms with Gasteiger partial charge in [-0.05, 0) is 68.5 Å². The summed E-state index contributed by atoms with van der Waals surface area (Å²) in [5.74, 6) is 0.838. The molecule has 3 nitrogen and oxygen atoms in total. The van der Waals surface area contributed by atoms with Crippen molar-refractivity contribution in [2.45, 2.75) is 32.1 Å². The van der Waals surface area contributed by atoms with Gasteiger partial charge in [0.1, 0.15) is 0 Å². The molecule has 0 spiro atoms. The fourth-order valence-electron chi connectivity index (χ4n) is 2.70. The van der Waals surface area contributed by atoms with E-state index >= 15 is 0 Å². The summed E-state index contributed by atoms with van der Waals surface area (Å²) in [5.41, 5.74) is 1.05. The van der Waals surface area contributed by atoms with Gasteiger partial charge in [0, 0.05) is 23.0 Å². The Kier molecular flexibility index (Phi) is 6.81. The van der Waals surface area contributed by atoms with Crippen molar-refractivity contribution in [2.24, 2.45) is 5.92 Å². The first-order valence-corrected chi connectivity index (χ1v) is 8.31. The van der Waals surface area contributed by atoms with E-state index < -0.39 is 0 Å². The van der Waals surface area contributed by atoms with Gasteiger partial charge in [0.15, 0.2) is 0 Å². The Morgan fingerprint density at radius 2 is 1.86 bits per heavy atom. The first-order valence-electron chi connectivity index (χ1n) is 7.56. The lowest BCUT2D eigenvalue weighted by molar-refractivity contribution is -0.121. The second-order valence-electron chi connectivity index (χ2n) is 5.61. The summed E-state index contributed by atoms with van der Waals surface area (Å²) in [7, 11) is 0. The molecule has 1 fully saturated rings. The first kappa shape index (κ1) is 16.6. The molecule has 5 heteroatoms. The molecule has 2 rings (SSSR count). The quantitative estimate of drug-likeness (QED) is 0.839. The molecule has 1 saturated heterocycles. The van der Waals surface area contributed by atoms with Crippen molar-refractivity contribution in [3.05, 3.63) is 33.8 Å². The highest BCUT2D eigenvalue weighted by Gasteiger charge is 2.14. The molecule has 1 heterocycles. The van der Waals surface area contributed by atoms with Crippen LogP contribution in [0.1, 0.15) is 31.2 Å². The van der Waals surface area contributed by atoms with E-state index in [0.717, 1.165) is 31.5 Å². The third-order valence-corrected chi connectivity index (χ3v) is 4.33. The second-order valence-corrected chi connectivity index (χ2v) is 6.48. The van der Waals surface area contributed by atoms with Crippen molar-refractivity contribution in [1.29, 1.82) is 0 Å². The molecule has 0 bridgehead atoms. The van der Waals surface area contributed by atoms with Gasteiger partial charge >= 0.3 is 0 Å². The molecule has 0 aromatic heterocycles. The molecule has 1 aromatic rings. The Hall–Kier alpha value is -0.770. The van der Waals surface area contributed by atoms with Crippen molar-refractivity contribution in [3.8, 4) is 0 Å². The molecule has 1 amide bonds. The van der Waals surface area contributed by atoms with E-state index in [4.69, 9.17) is 23.2 Å². The average Bonchev–Trinajstić information content (AvgIpc) is 2.45. The van der Waals surface area contributed by atoms with Crippen molar-refractivity contribution < 1.29 is 4.79 Å². The minimum absolute atomic E-state index is 0.140. The summed E-state index contributed by atoms with van der Waals surface area (Å²) < 4.78 is 0. The van der Waals surface area contributed by atoms with Crippen molar-refractivity contribution in [2.75, 3.05) is 19.6 Å². The Morgan fingerprint density at radius 1 is 1.19 bits per heavy atom. The smallest absolute Gasteiger partial charge is 0.220 e. The zero-order valence-electron chi connectivity index (χ0n) is 12.1. The van der Waals surface area contributed by atoms with Crippen LogP contribution in [0.15, 0.2) is 18.2 Å². The number of nitrogens with one attached hydrogen (secondary N) is 2. The van der Waals surface area contributed by atoms with Crippen molar-refractivity contribution in [3.63, 3.8) is 0 Å². The zero-order chi connectivity index (χ0) is 15.1. The van der Waals surface area contributed by atoms with E-state index in [1.807, 2.05) is 12.1 Å². The maximum atomic E-state index is 11.8. The van der Waals surface area contributed by atoms with Gasteiger partial charge in [0.25, 0.3) is 0 Å². The Balaban J connectivity index is 1.64.